The van der Waals surface area contributed by atoms with Crippen LogP contribution < -0.4 is 9.80 Å². The predicted octanol–water partition coefficient (Wildman–Crippen LogP) is 16.9. The van der Waals surface area contributed by atoms with Gasteiger partial charge < -0.3 is 9.80 Å². The van der Waals surface area contributed by atoms with Crippen LogP contribution in [-0.4, -0.2) is 0 Å². The molecule has 66 heavy (non-hydrogen) atoms. The van der Waals surface area contributed by atoms with Crippen molar-refractivity contribution in [2.24, 2.45) is 0 Å². The molecule has 13 rings (SSSR count). The third kappa shape index (κ3) is 5.42. The Morgan fingerprint density at radius 2 is 0.727 bits per heavy atom. The first-order chi connectivity index (χ1) is 32.5. The summed E-state index contributed by atoms with van der Waals surface area (Å²) in [5, 5.41) is 0. The second-order valence-corrected chi connectivity index (χ2v) is 18.4. The van der Waals surface area contributed by atoms with E-state index >= 15 is 0 Å². The highest BCUT2D eigenvalue weighted by Crippen LogP contribution is 2.64. The zero-order valence-electron chi connectivity index (χ0n) is 37.0. The molecule has 1 aliphatic heterocycles. The van der Waals surface area contributed by atoms with E-state index in [1.165, 1.54) is 89.3 Å². The first-order valence-corrected chi connectivity index (χ1v) is 23.1. The molecule has 1 spiro atoms. The van der Waals surface area contributed by atoms with Crippen molar-refractivity contribution in [1.82, 2.24) is 0 Å². The Hall–Kier alpha value is -8.20. The van der Waals surface area contributed by atoms with Crippen molar-refractivity contribution in [1.29, 1.82) is 0 Å². The molecule has 0 atom stereocenters. The van der Waals surface area contributed by atoms with Gasteiger partial charge in [0.1, 0.15) is 0 Å². The third-order valence-electron chi connectivity index (χ3n) is 14.7. The van der Waals surface area contributed by atoms with E-state index in [0.29, 0.717) is 0 Å². The summed E-state index contributed by atoms with van der Waals surface area (Å²) in [6.07, 6.45) is 0. The summed E-state index contributed by atoms with van der Waals surface area (Å²) in [7, 11) is 0. The maximum atomic E-state index is 2.57. The Labute approximate surface area is 387 Å². The van der Waals surface area contributed by atoms with E-state index in [-0.39, 0.29) is 5.41 Å². The van der Waals surface area contributed by atoms with Crippen molar-refractivity contribution in [2.45, 2.75) is 24.7 Å². The van der Waals surface area contributed by atoms with Gasteiger partial charge in [-0.05, 0) is 115 Å². The highest BCUT2D eigenvalue weighted by molar-refractivity contribution is 6.01. The zero-order chi connectivity index (χ0) is 44.0. The van der Waals surface area contributed by atoms with Gasteiger partial charge in [-0.2, -0.15) is 0 Å². The molecule has 0 N–H and O–H groups in total. The van der Waals surface area contributed by atoms with Gasteiger partial charge >= 0.3 is 0 Å². The molecule has 0 bridgehead atoms. The van der Waals surface area contributed by atoms with Crippen LogP contribution in [-0.2, 0) is 10.8 Å². The van der Waals surface area contributed by atoms with Gasteiger partial charge in [0, 0.05) is 33.6 Å². The molecule has 0 saturated heterocycles. The Kier molecular flexibility index (Phi) is 8.51. The molecule has 0 fully saturated rings. The van der Waals surface area contributed by atoms with E-state index in [2.05, 4.69) is 266 Å². The fraction of sp³-hybridized carbons (Fsp3) is 0.0625. The van der Waals surface area contributed by atoms with Crippen LogP contribution in [0.3, 0.4) is 0 Å². The van der Waals surface area contributed by atoms with E-state index in [9.17, 15) is 0 Å². The summed E-state index contributed by atoms with van der Waals surface area (Å²) in [4.78, 5) is 5.02. The number of anilines is 6. The number of rotatable bonds is 6. The lowest BCUT2D eigenvalue weighted by Gasteiger charge is -2.45. The van der Waals surface area contributed by atoms with Gasteiger partial charge in [0.25, 0.3) is 0 Å². The van der Waals surface area contributed by atoms with Crippen LogP contribution in [0, 0.1) is 0 Å². The highest BCUT2D eigenvalue weighted by atomic mass is 15.2. The van der Waals surface area contributed by atoms with Gasteiger partial charge in [-0.3, -0.25) is 0 Å². The Balaban J connectivity index is 1.13. The van der Waals surface area contributed by atoms with Crippen molar-refractivity contribution in [3.05, 3.63) is 276 Å². The molecule has 10 aromatic carbocycles. The SMILES string of the molecule is CC1(C)c2ccccc2-c2ccc(N(c3ccc4c(c3)C3(c5ccccc5-4)c4ccccc4N(c4ccccc4)c4ccccc43)c3c(-c4ccccc4)cccc3-c3ccccc3)cc21. The predicted molar refractivity (Wildman–Crippen MR) is 275 cm³/mol. The first-order valence-electron chi connectivity index (χ1n) is 23.1. The largest absolute Gasteiger partial charge is 0.310 e. The molecular weight excluding hydrogens is 797 g/mol. The molecule has 3 aliphatic rings. The average Bonchev–Trinajstić information content (AvgIpc) is 3.80. The van der Waals surface area contributed by atoms with E-state index in [1.54, 1.807) is 0 Å². The number of nitrogens with zero attached hydrogens (tertiary/aromatic N) is 2. The lowest BCUT2D eigenvalue weighted by atomic mass is 9.64. The number of benzene rings is 10. The number of fused-ring (bicyclic) bond motifs is 12. The fourth-order valence-electron chi connectivity index (χ4n) is 11.8. The fourth-order valence-corrected chi connectivity index (χ4v) is 11.8. The molecule has 0 saturated carbocycles. The minimum absolute atomic E-state index is 0.182. The molecule has 312 valence electrons. The van der Waals surface area contributed by atoms with Crippen LogP contribution in [0.25, 0.3) is 44.5 Å². The van der Waals surface area contributed by atoms with Gasteiger partial charge in [0.15, 0.2) is 0 Å². The molecule has 0 radical (unpaired) electrons. The van der Waals surface area contributed by atoms with Crippen molar-refractivity contribution in [2.75, 3.05) is 9.80 Å². The quantitative estimate of drug-likeness (QED) is 0.165. The number of para-hydroxylation sites is 4. The Bertz CT molecular complexity index is 3410. The zero-order valence-corrected chi connectivity index (χ0v) is 37.0. The summed E-state index contributed by atoms with van der Waals surface area (Å²) in [5.41, 5.74) is 23.8. The average molecular weight is 843 g/mol. The van der Waals surface area contributed by atoms with Crippen LogP contribution in [0.4, 0.5) is 34.1 Å². The minimum atomic E-state index is -0.602. The van der Waals surface area contributed by atoms with Gasteiger partial charge in [-0.15, -0.1) is 0 Å². The summed E-state index contributed by atoms with van der Waals surface area (Å²) < 4.78 is 0. The Morgan fingerprint density at radius 1 is 0.318 bits per heavy atom. The van der Waals surface area contributed by atoms with E-state index in [4.69, 9.17) is 0 Å². The lowest BCUT2D eigenvalue weighted by Crippen LogP contribution is -2.36. The molecule has 0 aromatic heterocycles. The second-order valence-electron chi connectivity index (χ2n) is 18.4. The molecule has 10 aromatic rings. The topological polar surface area (TPSA) is 6.48 Å². The standard InChI is InChI=1S/C64H46N2/c1-63(2)54-31-14-12-27-50(54)52-39-37-46(41-58(52)63)65(62-48(43-21-6-3-7-22-43)29-20-30-49(62)44-23-8-4-9-24-44)47-38-40-53-51-28-13-15-32-55(51)64(59(53)42-47)56-33-16-18-35-60(56)66(45-25-10-5-11-26-45)61-36-19-17-34-57(61)64/h3-42H,1-2H3. The third-order valence-corrected chi connectivity index (χ3v) is 14.7. The van der Waals surface area contributed by atoms with Crippen molar-refractivity contribution in [3.63, 3.8) is 0 Å². The van der Waals surface area contributed by atoms with Gasteiger partial charge in [-0.25, -0.2) is 0 Å². The monoisotopic (exact) mass is 842 g/mol. The maximum absolute atomic E-state index is 2.57. The molecular formula is C64H46N2. The molecule has 0 unspecified atom stereocenters. The molecule has 2 aliphatic carbocycles. The summed E-state index contributed by atoms with van der Waals surface area (Å²) in [5.74, 6) is 0. The van der Waals surface area contributed by atoms with Crippen molar-refractivity contribution >= 4 is 34.1 Å². The van der Waals surface area contributed by atoms with Crippen LogP contribution in [0.1, 0.15) is 47.2 Å². The van der Waals surface area contributed by atoms with E-state index < -0.39 is 5.41 Å². The highest BCUT2D eigenvalue weighted by Gasteiger charge is 2.52. The molecule has 2 heteroatoms. The number of hydrogen-bond acceptors (Lipinski definition) is 2. The Morgan fingerprint density at radius 3 is 1.30 bits per heavy atom. The number of hydrogen-bond donors (Lipinski definition) is 0. The van der Waals surface area contributed by atoms with Crippen LogP contribution in [0.5, 0.6) is 0 Å². The minimum Gasteiger partial charge on any atom is -0.310 e. The van der Waals surface area contributed by atoms with E-state index in [1.807, 2.05) is 0 Å². The second kappa shape index (κ2) is 14.7. The van der Waals surface area contributed by atoms with E-state index in [0.717, 1.165) is 22.7 Å². The first kappa shape index (κ1) is 38.3. The van der Waals surface area contributed by atoms with Gasteiger partial charge in [0.2, 0.25) is 0 Å². The normalized spacial score (nSPS) is 14.1. The lowest BCUT2D eigenvalue weighted by molar-refractivity contribution is 0.660. The van der Waals surface area contributed by atoms with Crippen molar-refractivity contribution in [3.8, 4) is 44.5 Å². The van der Waals surface area contributed by atoms with Crippen LogP contribution in [0.2, 0.25) is 0 Å². The molecule has 2 nitrogen and oxygen atoms in total. The summed E-state index contributed by atoms with van der Waals surface area (Å²) in [6, 6.07) is 90.2. The van der Waals surface area contributed by atoms with Crippen LogP contribution >= 0.6 is 0 Å². The maximum Gasteiger partial charge on any atom is 0.0755 e. The molecule has 1 heterocycles. The van der Waals surface area contributed by atoms with Gasteiger partial charge in [0.05, 0.1) is 22.5 Å². The molecule has 0 amide bonds. The smallest absolute Gasteiger partial charge is 0.0755 e. The van der Waals surface area contributed by atoms with Crippen LogP contribution in [0.15, 0.2) is 243 Å². The van der Waals surface area contributed by atoms with Crippen molar-refractivity contribution < 1.29 is 0 Å². The summed E-state index contributed by atoms with van der Waals surface area (Å²) >= 11 is 0. The summed E-state index contributed by atoms with van der Waals surface area (Å²) in [6.45, 7) is 4.76. The van der Waals surface area contributed by atoms with Gasteiger partial charge in [-0.1, -0.05) is 208 Å².